The van der Waals surface area contributed by atoms with E-state index in [9.17, 15) is 8.42 Å². The molecule has 4 nitrogen and oxygen atoms in total. The first-order chi connectivity index (χ1) is 9.13. The molecule has 0 amide bonds. The molecule has 0 aromatic carbocycles. The molecule has 0 saturated carbocycles. The van der Waals surface area contributed by atoms with E-state index in [2.05, 4.69) is 23.9 Å². The van der Waals surface area contributed by atoms with Gasteiger partial charge < -0.3 is 5.32 Å². The van der Waals surface area contributed by atoms with Gasteiger partial charge in [-0.2, -0.15) is 0 Å². The molecule has 0 radical (unpaired) electrons. The zero-order chi connectivity index (χ0) is 15.5. The third kappa shape index (κ3) is 4.84. The maximum Gasteiger partial charge on any atom is 0.241 e. The van der Waals surface area contributed by atoms with Gasteiger partial charge in [0.1, 0.15) is 0 Å². The van der Waals surface area contributed by atoms with Crippen molar-refractivity contribution in [3.8, 4) is 0 Å². The SMILES string of the molecule is Cc1sc(CNC(C)C)cc1S(=O)(=O)NC(C)C(C)C. The van der Waals surface area contributed by atoms with Crippen molar-refractivity contribution in [2.45, 2.75) is 65.1 Å². The molecule has 0 aliphatic heterocycles. The van der Waals surface area contributed by atoms with Gasteiger partial charge in [0.2, 0.25) is 10.0 Å². The van der Waals surface area contributed by atoms with Crippen molar-refractivity contribution in [1.82, 2.24) is 10.0 Å². The number of hydrogen-bond donors (Lipinski definition) is 2. The summed E-state index contributed by atoms with van der Waals surface area (Å²) in [6, 6.07) is 2.10. The quantitative estimate of drug-likeness (QED) is 0.813. The van der Waals surface area contributed by atoms with Gasteiger partial charge >= 0.3 is 0 Å². The Morgan fingerprint density at radius 2 is 1.80 bits per heavy atom. The minimum absolute atomic E-state index is 0.0726. The van der Waals surface area contributed by atoms with Crippen LogP contribution < -0.4 is 10.0 Å². The van der Waals surface area contributed by atoms with Crippen LogP contribution in [0.3, 0.4) is 0 Å². The molecule has 1 rings (SSSR count). The van der Waals surface area contributed by atoms with E-state index >= 15 is 0 Å². The fraction of sp³-hybridized carbons (Fsp3) is 0.714. The average molecular weight is 319 g/mol. The summed E-state index contributed by atoms with van der Waals surface area (Å²) in [6.07, 6.45) is 0. The summed E-state index contributed by atoms with van der Waals surface area (Å²) in [5, 5.41) is 3.31. The Morgan fingerprint density at radius 3 is 2.30 bits per heavy atom. The van der Waals surface area contributed by atoms with Gasteiger partial charge in [0, 0.05) is 28.4 Å². The summed E-state index contributed by atoms with van der Waals surface area (Å²) >= 11 is 1.54. The summed E-state index contributed by atoms with van der Waals surface area (Å²) < 4.78 is 27.5. The van der Waals surface area contributed by atoms with Gasteiger partial charge in [0.25, 0.3) is 0 Å². The zero-order valence-corrected chi connectivity index (χ0v) is 14.8. The number of sulfonamides is 1. The Bertz CT molecular complexity index is 533. The van der Waals surface area contributed by atoms with Crippen molar-refractivity contribution in [3.05, 3.63) is 15.8 Å². The van der Waals surface area contributed by atoms with E-state index in [0.717, 1.165) is 9.75 Å². The highest BCUT2D eigenvalue weighted by Crippen LogP contribution is 2.26. The van der Waals surface area contributed by atoms with Crippen molar-refractivity contribution in [2.24, 2.45) is 5.92 Å². The van der Waals surface area contributed by atoms with E-state index < -0.39 is 10.0 Å². The van der Waals surface area contributed by atoms with Crippen LogP contribution in [0.4, 0.5) is 0 Å². The topological polar surface area (TPSA) is 58.2 Å². The molecule has 1 aromatic rings. The minimum atomic E-state index is -3.42. The first-order valence-electron chi connectivity index (χ1n) is 6.98. The van der Waals surface area contributed by atoms with Crippen molar-refractivity contribution in [2.75, 3.05) is 0 Å². The smallest absolute Gasteiger partial charge is 0.241 e. The second-order valence-corrected chi connectivity index (χ2v) is 8.85. The molecule has 0 fully saturated rings. The fourth-order valence-corrected chi connectivity index (χ4v) is 4.61. The number of rotatable bonds is 7. The lowest BCUT2D eigenvalue weighted by Gasteiger charge is -2.17. The summed E-state index contributed by atoms with van der Waals surface area (Å²) in [6.45, 7) is 12.6. The van der Waals surface area contributed by atoms with Crippen LogP contribution in [-0.2, 0) is 16.6 Å². The van der Waals surface area contributed by atoms with Crippen molar-refractivity contribution in [3.63, 3.8) is 0 Å². The van der Waals surface area contributed by atoms with E-state index in [1.807, 2.05) is 27.7 Å². The number of nitrogens with one attached hydrogen (secondary N) is 2. The Hall–Kier alpha value is -0.430. The van der Waals surface area contributed by atoms with Gasteiger partial charge in [-0.05, 0) is 25.8 Å². The fourth-order valence-electron chi connectivity index (χ4n) is 1.63. The molecule has 1 atom stereocenters. The molecule has 20 heavy (non-hydrogen) atoms. The second-order valence-electron chi connectivity index (χ2n) is 5.82. The Labute approximate surface area is 127 Å². The van der Waals surface area contributed by atoms with Gasteiger partial charge in [0.15, 0.2) is 0 Å². The molecule has 0 bridgehead atoms. The van der Waals surface area contributed by atoms with Crippen LogP contribution in [-0.4, -0.2) is 20.5 Å². The van der Waals surface area contributed by atoms with Gasteiger partial charge in [-0.25, -0.2) is 13.1 Å². The van der Waals surface area contributed by atoms with Crippen LogP contribution in [0.25, 0.3) is 0 Å². The highest BCUT2D eigenvalue weighted by atomic mass is 32.2. The van der Waals surface area contributed by atoms with Crippen LogP contribution in [0.2, 0.25) is 0 Å². The largest absolute Gasteiger partial charge is 0.310 e. The number of thiophene rings is 1. The van der Waals surface area contributed by atoms with Gasteiger partial charge in [0.05, 0.1) is 4.90 Å². The molecule has 2 N–H and O–H groups in total. The normalized spacial score (nSPS) is 14.2. The molecule has 1 heterocycles. The molecule has 6 heteroatoms. The van der Waals surface area contributed by atoms with Crippen molar-refractivity contribution >= 4 is 21.4 Å². The van der Waals surface area contributed by atoms with E-state index in [1.54, 1.807) is 6.07 Å². The summed E-state index contributed by atoms with van der Waals surface area (Å²) in [4.78, 5) is 2.30. The molecular formula is C14H26N2O2S2. The standard InChI is InChI=1S/C14H26N2O2S2/c1-9(2)11(5)16-20(17,18)14-7-13(19-12(14)6)8-15-10(3)4/h7,9-11,15-16H,8H2,1-6H3. The molecule has 1 unspecified atom stereocenters. The predicted octanol–water partition coefficient (Wildman–Crippen LogP) is 2.88. The molecular weight excluding hydrogens is 292 g/mol. The predicted molar refractivity (Wildman–Crippen MR) is 85.7 cm³/mol. The van der Waals surface area contributed by atoms with Crippen molar-refractivity contribution < 1.29 is 8.42 Å². The van der Waals surface area contributed by atoms with E-state index in [0.29, 0.717) is 17.5 Å². The molecule has 116 valence electrons. The van der Waals surface area contributed by atoms with Gasteiger partial charge in [-0.15, -0.1) is 11.3 Å². The third-order valence-corrected chi connectivity index (χ3v) is 6.10. The second kappa shape index (κ2) is 7.02. The minimum Gasteiger partial charge on any atom is -0.310 e. The summed E-state index contributed by atoms with van der Waals surface area (Å²) in [7, 11) is -3.42. The maximum atomic E-state index is 12.4. The maximum absolute atomic E-state index is 12.4. The summed E-state index contributed by atoms with van der Waals surface area (Å²) in [5.41, 5.74) is 0. The average Bonchev–Trinajstić information content (AvgIpc) is 2.68. The number of aryl methyl sites for hydroxylation is 1. The van der Waals surface area contributed by atoms with E-state index in [1.165, 1.54) is 11.3 Å². The third-order valence-electron chi connectivity index (χ3n) is 3.24. The molecule has 0 spiro atoms. The molecule has 1 aromatic heterocycles. The van der Waals surface area contributed by atoms with Crippen LogP contribution in [0, 0.1) is 12.8 Å². The van der Waals surface area contributed by atoms with Crippen LogP contribution in [0.5, 0.6) is 0 Å². The zero-order valence-electron chi connectivity index (χ0n) is 13.1. The lowest BCUT2D eigenvalue weighted by atomic mass is 10.1. The summed E-state index contributed by atoms with van der Waals surface area (Å²) in [5.74, 6) is 0.269. The first kappa shape index (κ1) is 17.6. The Balaban J connectivity index is 2.90. The lowest BCUT2D eigenvalue weighted by molar-refractivity contribution is 0.476. The van der Waals surface area contributed by atoms with E-state index in [-0.39, 0.29) is 12.0 Å². The Kier molecular flexibility index (Phi) is 6.19. The van der Waals surface area contributed by atoms with Gasteiger partial charge in [-0.1, -0.05) is 27.7 Å². The highest BCUT2D eigenvalue weighted by molar-refractivity contribution is 7.89. The first-order valence-corrected chi connectivity index (χ1v) is 9.28. The molecule has 0 saturated heterocycles. The molecule has 0 aliphatic carbocycles. The van der Waals surface area contributed by atoms with Crippen molar-refractivity contribution in [1.29, 1.82) is 0 Å². The lowest BCUT2D eigenvalue weighted by Crippen LogP contribution is -2.36. The van der Waals surface area contributed by atoms with Crippen LogP contribution in [0.15, 0.2) is 11.0 Å². The van der Waals surface area contributed by atoms with Crippen LogP contribution >= 0.6 is 11.3 Å². The monoisotopic (exact) mass is 318 g/mol. The van der Waals surface area contributed by atoms with E-state index in [4.69, 9.17) is 0 Å². The van der Waals surface area contributed by atoms with Gasteiger partial charge in [-0.3, -0.25) is 0 Å². The Morgan fingerprint density at radius 1 is 1.20 bits per heavy atom. The number of hydrogen-bond acceptors (Lipinski definition) is 4. The highest BCUT2D eigenvalue weighted by Gasteiger charge is 2.23. The van der Waals surface area contributed by atoms with Crippen LogP contribution in [0.1, 0.15) is 44.4 Å². The molecule has 0 aliphatic rings.